The molecule has 0 saturated carbocycles. The highest BCUT2D eigenvalue weighted by Gasteiger charge is 2.33. The number of carbonyl (C=O) groups is 2. The number of amides is 2. The second-order valence-corrected chi connectivity index (χ2v) is 8.79. The summed E-state index contributed by atoms with van der Waals surface area (Å²) in [6, 6.07) is 13.2. The third-order valence-corrected chi connectivity index (χ3v) is 6.45. The van der Waals surface area contributed by atoms with E-state index in [0.29, 0.717) is 28.4 Å². The number of halogens is 1. The van der Waals surface area contributed by atoms with Crippen LogP contribution < -0.4 is 10.6 Å². The van der Waals surface area contributed by atoms with Gasteiger partial charge in [-0.05, 0) is 42.3 Å². The summed E-state index contributed by atoms with van der Waals surface area (Å²) < 4.78 is 14.7. The summed E-state index contributed by atoms with van der Waals surface area (Å²) in [5.41, 5.74) is 4.94. The summed E-state index contributed by atoms with van der Waals surface area (Å²) in [5, 5.41) is 10.5. The van der Waals surface area contributed by atoms with Crippen molar-refractivity contribution in [1.29, 1.82) is 0 Å². The van der Waals surface area contributed by atoms with Crippen LogP contribution in [0.2, 0.25) is 0 Å². The van der Waals surface area contributed by atoms with Crippen LogP contribution in [0.4, 0.5) is 10.2 Å². The molecule has 5 aromatic rings. The summed E-state index contributed by atoms with van der Waals surface area (Å²) >= 11 is 0. The zero-order chi connectivity index (χ0) is 25.5. The molecule has 0 unspecified atom stereocenters. The van der Waals surface area contributed by atoms with Crippen molar-refractivity contribution in [3.05, 3.63) is 95.0 Å². The van der Waals surface area contributed by atoms with Gasteiger partial charge in [0.25, 0.3) is 5.91 Å². The quantitative estimate of drug-likeness (QED) is 0.342. The lowest BCUT2D eigenvalue weighted by Gasteiger charge is -2.24. The van der Waals surface area contributed by atoms with Gasteiger partial charge in [0.05, 0.1) is 12.0 Å². The molecular weight excluding hydrogens is 475 g/mol. The molecule has 0 fully saturated rings. The molecule has 10 nitrogen and oxygen atoms in total. The number of rotatable bonds is 5. The molecule has 1 aliphatic rings. The van der Waals surface area contributed by atoms with Gasteiger partial charge in [0.2, 0.25) is 5.91 Å². The molecule has 0 bridgehead atoms. The summed E-state index contributed by atoms with van der Waals surface area (Å²) in [7, 11) is 0. The number of aromatic amines is 1. The van der Waals surface area contributed by atoms with E-state index < -0.39 is 0 Å². The van der Waals surface area contributed by atoms with Crippen LogP contribution in [0, 0.1) is 12.7 Å². The first kappa shape index (κ1) is 22.5. The number of nitrogens with zero attached hydrogens (tertiary/aromatic N) is 5. The fraction of sp³-hybridized carbons (Fsp3) is 0.154. The van der Waals surface area contributed by atoms with E-state index in [1.807, 2.05) is 19.1 Å². The van der Waals surface area contributed by atoms with Gasteiger partial charge in [0.15, 0.2) is 11.5 Å². The van der Waals surface area contributed by atoms with Crippen LogP contribution in [-0.4, -0.2) is 41.5 Å². The molecule has 6 rings (SSSR count). The Morgan fingerprint density at radius 2 is 1.89 bits per heavy atom. The SMILES string of the molecule is Cc1nn(-c2ncnc3nc[nH]c23)c2c1[C@@H](c1ccc(C(=O)NCc3ccc(F)cc3)cc1)CC(=O)N2. The second kappa shape index (κ2) is 8.94. The summed E-state index contributed by atoms with van der Waals surface area (Å²) in [6.45, 7) is 2.18. The Bertz CT molecular complexity index is 1640. The molecule has 0 radical (unpaired) electrons. The first-order chi connectivity index (χ1) is 18.0. The van der Waals surface area contributed by atoms with Crippen LogP contribution in [0.5, 0.6) is 0 Å². The number of anilines is 1. The molecule has 0 saturated heterocycles. The number of hydrogen-bond acceptors (Lipinski definition) is 6. The minimum Gasteiger partial charge on any atom is -0.348 e. The van der Waals surface area contributed by atoms with E-state index in [1.54, 1.807) is 28.9 Å². The molecule has 3 aromatic heterocycles. The number of aromatic nitrogens is 6. The van der Waals surface area contributed by atoms with Crippen LogP contribution in [0.15, 0.2) is 61.2 Å². The smallest absolute Gasteiger partial charge is 0.251 e. The Morgan fingerprint density at radius 3 is 2.68 bits per heavy atom. The number of fused-ring (bicyclic) bond motifs is 2. The van der Waals surface area contributed by atoms with E-state index in [2.05, 4.69) is 35.7 Å². The van der Waals surface area contributed by atoms with Gasteiger partial charge in [0, 0.05) is 30.0 Å². The Labute approximate surface area is 210 Å². The first-order valence-electron chi connectivity index (χ1n) is 11.6. The Balaban J connectivity index is 1.28. The van der Waals surface area contributed by atoms with E-state index in [9.17, 15) is 14.0 Å². The fourth-order valence-corrected chi connectivity index (χ4v) is 4.65. The topological polar surface area (TPSA) is 130 Å². The van der Waals surface area contributed by atoms with Gasteiger partial charge in [-0.25, -0.2) is 19.3 Å². The summed E-state index contributed by atoms with van der Waals surface area (Å²) in [5.74, 6) is 0.0879. The van der Waals surface area contributed by atoms with Gasteiger partial charge in [-0.15, -0.1) is 0 Å². The lowest BCUT2D eigenvalue weighted by atomic mass is 9.85. The van der Waals surface area contributed by atoms with E-state index >= 15 is 0 Å². The number of carbonyl (C=O) groups excluding carboxylic acids is 2. The summed E-state index contributed by atoms with van der Waals surface area (Å²) in [4.78, 5) is 41.1. The number of imidazole rings is 1. The molecule has 1 atom stereocenters. The monoisotopic (exact) mass is 496 g/mol. The van der Waals surface area contributed by atoms with E-state index in [-0.39, 0.29) is 36.5 Å². The number of benzene rings is 2. The van der Waals surface area contributed by atoms with Crippen LogP contribution in [-0.2, 0) is 11.3 Å². The van der Waals surface area contributed by atoms with Crippen molar-refractivity contribution in [3.8, 4) is 5.82 Å². The predicted octanol–water partition coefficient (Wildman–Crippen LogP) is 3.39. The van der Waals surface area contributed by atoms with Crippen molar-refractivity contribution in [2.24, 2.45) is 0 Å². The van der Waals surface area contributed by atoms with E-state index in [4.69, 9.17) is 0 Å². The third-order valence-electron chi connectivity index (χ3n) is 6.45. The molecular formula is C26H21FN8O2. The minimum atomic E-state index is -0.322. The van der Waals surface area contributed by atoms with Crippen LogP contribution >= 0.6 is 0 Å². The highest BCUT2D eigenvalue weighted by Crippen LogP contribution is 2.40. The van der Waals surface area contributed by atoms with Crippen LogP contribution in [0.3, 0.4) is 0 Å². The van der Waals surface area contributed by atoms with Crippen molar-refractivity contribution in [3.63, 3.8) is 0 Å². The molecule has 2 amide bonds. The Kier molecular flexibility index (Phi) is 5.44. The number of aryl methyl sites for hydroxylation is 1. The highest BCUT2D eigenvalue weighted by atomic mass is 19.1. The van der Waals surface area contributed by atoms with Gasteiger partial charge in [0.1, 0.15) is 23.5 Å². The number of nitrogens with one attached hydrogen (secondary N) is 3. The first-order valence-corrected chi connectivity index (χ1v) is 11.6. The molecule has 0 spiro atoms. The maximum Gasteiger partial charge on any atom is 0.251 e. The summed E-state index contributed by atoms with van der Waals surface area (Å²) in [6.07, 6.45) is 3.19. The van der Waals surface area contributed by atoms with Gasteiger partial charge in [-0.2, -0.15) is 9.78 Å². The maximum atomic E-state index is 13.1. The largest absolute Gasteiger partial charge is 0.348 e. The van der Waals surface area contributed by atoms with Gasteiger partial charge in [-0.1, -0.05) is 24.3 Å². The molecule has 184 valence electrons. The molecule has 11 heteroatoms. The number of H-pyrrole nitrogens is 1. The van der Waals surface area contributed by atoms with E-state index in [0.717, 1.165) is 22.4 Å². The lowest BCUT2D eigenvalue weighted by Crippen LogP contribution is -2.25. The predicted molar refractivity (Wildman–Crippen MR) is 133 cm³/mol. The van der Waals surface area contributed by atoms with Crippen molar-refractivity contribution in [2.45, 2.75) is 25.8 Å². The molecule has 1 aliphatic heterocycles. The zero-order valence-corrected chi connectivity index (χ0v) is 19.7. The molecule has 0 aliphatic carbocycles. The zero-order valence-electron chi connectivity index (χ0n) is 19.7. The maximum absolute atomic E-state index is 13.1. The van der Waals surface area contributed by atoms with Crippen LogP contribution in [0.25, 0.3) is 17.0 Å². The molecule has 37 heavy (non-hydrogen) atoms. The average Bonchev–Trinajstić information content (AvgIpc) is 3.52. The van der Waals surface area contributed by atoms with Crippen molar-refractivity contribution in [2.75, 3.05) is 5.32 Å². The average molecular weight is 497 g/mol. The molecule has 4 heterocycles. The lowest BCUT2D eigenvalue weighted by molar-refractivity contribution is -0.116. The van der Waals surface area contributed by atoms with E-state index in [1.165, 1.54) is 24.8 Å². The van der Waals surface area contributed by atoms with Crippen molar-refractivity contribution >= 4 is 28.8 Å². The normalized spacial score (nSPS) is 14.9. The van der Waals surface area contributed by atoms with Crippen molar-refractivity contribution in [1.82, 2.24) is 35.0 Å². The minimum absolute atomic E-state index is 0.144. The Hall–Kier alpha value is -4.93. The second-order valence-electron chi connectivity index (χ2n) is 8.79. The molecule has 2 aromatic carbocycles. The standard InChI is InChI=1S/C26H21FN8O2/c1-14-21-19(16-4-6-17(7-5-16)26(37)28-11-15-2-8-18(27)9-3-15)10-20(36)33-24(21)35(34-14)25-22-23(30-12-29-22)31-13-32-25/h2-9,12-13,19H,10-11H2,1H3,(H,28,37)(H,33,36)(H,29,30,31,32)/t19-/m1/s1. The van der Waals surface area contributed by atoms with Crippen molar-refractivity contribution < 1.29 is 14.0 Å². The van der Waals surface area contributed by atoms with Gasteiger partial charge < -0.3 is 15.6 Å². The Morgan fingerprint density at radius 1 is 1.11 bits per heavy atom. The number of hydrogen-bond donors (Lipinski definition) is 3. The van der Waals surface area contributed by atoms with Crippen LogP contribution in [0.1, 0.15) is 45.1 Å². The third kappa shape index (κ3) is 4.10. The van der Waals surface area contributed by atoms with Gasteiger partial charge in [-0.3, -0.25) is 9.59 Å². The highest BCUT2D eigenvalue weighted by molar-refractivity contribution is 5.96. The molecule has 3 N–H and O–H groups in total. The van der Waals surface area contributed by atoms with Gasteiger partial charge >= 0.3 is 0 Å². The fourth-order valence-electron chi connectivity index (χ4n) is 4.65.